The lowest BCUT2D eigenvalue weighted by atomic mass is 10.2. The van der Waals surface area contributed by atoms with E-state index in [1.165, 1.54) is 0 Å². The monoisotopic (exact) mass is 432 g/mol. The summed E-state index contributed by atoms with van der Waals surface area (Å²) in [6.45, 7) is 3.61. The van der Waals surface area contributed by atoms with Gasteiger partial charge in [-0.2, -0.15) is 0 Å². The minimum Gasteiger partial charge on any atom is -0.308 e. The largest absolute Gasteiger partial charge is 0.308 e. The van der Waals surface area contributed by atoms with Gasteiger partial charge in [-0.15, -0.1) is 0 Å². The molecule has 8 nitrogen and oxygen atoms in total. The lowest BCUT2D eigenvalue weighted by molar-refractivity contribution is 0.899. The van der Waals surface area contributed by atoms with Gasteiger partial charge in [0.25, 0.3) is 0 Å². The molecule has 4 rings (SSSR count). The number of hydrogen-bond donors (Lipinski definition) is 2. The summed E-state index contributed by atoms with van der Waals surface area (Å²) in [5, 5.41) is 4.21. The number of benzene rings is 2. The Bertz CT molecular complexity index is 1150. The average Bonchev–Trinajstić information content (AvgIpc) is 2.77. The van der Waals surface area contributed by atoms with Crippen molar-refractivity contribution >= 4 is 40.4 Å². The van der Waals surface area contributed by atoms with E-state index in [4.69, 9.17) is 17.4 Å². The molecular weight excluding hydrogens is 412 g/mol. The number of aryl methyl sites for hydroxylation is 2. The molecule has 3 N–H and O–H groups in total. The molecule has 0 spiro atoms. The molecule has 0 radical (unpaired) electrons. The van der Waals surface area contributed by atoms with Crippen LogP contribution in [0.3, 0.4) is 0 Å². The Balaban J connectivity index is 2.00. The van der Waals surface area contributed by atoms with Crippen LogP contribution in [0, 0.1) is 13.8 Å². The summed E-state index contributed by atoms with van der Waals surface area (Å²) < 4.78 is 0. The van der Waals surface area contributed by atoms with Crippen molar-refractivity contribution in [2.24, 2.45) is 5.84 Å². The van der Waals surface area contributed by atoms with Crippen LogP contribution in [-0.2, 0) is 0 Å². The zero-order valence-electron chi connectivity index (χ0n) is 17.1. The van der Waals surface area contributed by atoms with Crippen molar-refractivity contribution in [2.75, 3.05) is 15.4 Å². The highest BCUT2D eigenvalue weighted by atomic mass is 35.5. The summed E-state index contributed by atoms with van der Waals surface area (Å²) in [4.78, 5) is 17.9. The van der Waals surface area contributed by atoms with Gasteiger partial charge in [0.2, 0.25) is 0 Å². The fourth-order valence-corrected chi connectivity index (χ4v) is 3.42. The highest BCUT2D eigenvalue weighted by molar-refractivity contribution is 6.29. The van der Waals surface area contributed by atoms with Crippen LogP contribution in [0.4, 0.5) is 28.8 Å². The number of aromatic nitrogens is 4. The lowest BCUT2D eigenvalue weighted by Crippen LogP contribution is -2.37. The molecule has 156 valence electrons. The van der Waals surface area contributed by atoms with Gasteiger partial charge in [-0.3, -0.25) is 0 Å². The molecule has 0 saturated heterocycles. The minimum absolute atomic E-state index is 0.347. The Hall–Kier alpha value is -3.75. The first kappa shape index (κ1) is 20.5. The second-order valence-corrected chi connectivity index (χ2v) is 7.08. The third-order valence-corrected chi connectivity index (χ3v) is 4.59. The molecule has 2 aromatic carbocycles. The number of hydrazine groups is 2. The standard InChI is InChI=1S/C22H21ClN8/c1-15-25-19(23)13-21(27-15)30(17-9-5-3-6-10-17)31(18-11-7-4-8-12-18)22-14-20(29-24)26-16(2)28-22/h3-14H,24H2,1-2H3,(H,26,28,29). The number of para-hydroxylation sites is 2. The van der Waals surface area contributed by atoms with Crippen LogP contribution in [-0.4, -0.2) is 19.9 Å². The Morgan fingerprint density at radius 2 is 1.19 bits per heavy atom. The fourth-order valence-electron chi connectivity index (χ4n) is 3.20. The number of nitrogens with zero attached hydrogens (tertiary/aromatic N) is 6. The number of halogens is 1. The van der Waals surface area contributed by atoms with Crippen LogP contribution < -0.4 is 21.3 Å². The highest BCUT2D eigenvalue weighted by Gasteiger charge is 2.25. The Labute approximate surface area is 185 Å². The van der Waals surface area contributed by atoms with Crippen LogP contribution in [0.1, 0.15) is 11.6 Å². The molecule has 31 heavy (non-hydrogen) atoms. The van der Waals surface area contributed by atoms with E-state index in [1.54, 1.807) is 19.1 Å². The van der Waals surface area contributed by atoms with Gasteiger partial charge in [-0.05, 0) is 38.1 Å². The van der Waals surface area contributed by atoms with E-state index >= 15 is 0 Å². The zero-order chi connectivity index (χ0) is 21.8. The smallest absolute Gasteiger partial charge is 0.158 e. The summed E-state index contributed by atoms with van der Waals surface area (Å²) in [7, 11) is 0. The van der Waals surface area contributed by atoms with Gasteiger partial charge in [0, 0.05) is 12.1 Å². The van der Waals surface area contributed by atoms with E-state index in [2.05, 4.69) is 25.4 Å². The second kappa shape index (κ2) is 8.95. The van der Waals surface area contributed by atoms with Crippen molar-refractivity contribution in [1.82, 2.24) is 19.9 Å². The Morgan fingerprint density at radius 1 is 0.710 bits per heavy atom. The topological polar surface area (TPSA) is 96.1 Å². The molecule has 0 bridgehead atoms. The third-order valence-electron chi connectivity index (χ3n) is 4.40. The fraction of sp³-hybridized carbons (Fsp3) is 0.0909. The molecule has 0 atom stereocenters. The number of nitrogen functional groups attached to an aromatic ring is 1. The molecule has 0 fully saturated rings. The molecule has 9 heteroatoms. The van der Waals surface area contributed by atoms with Crippen molar-refractivity contribution in [3.63, 3.8) is 0 Å². The molecule has 0 aliphatic heterocycles. The van der Waals surface area contributed by atoms with Gasteiger partial charge in [-0.25, -0.2) is 35.8 Å². The second-order valence-electron chi connectivity index (χ2n) is 6.69. The molecule has 2 heterocycles. The minimum atomic E-state index is 0.347. The van der Waals surface area contributed by atoms with Gasteiger partial charge < -0.3 is 5.43 Å². The van der Waals surface area contributed by atoms with Crippen molar-refractivity contribution in [2.45, 2.75) is 13.8 Å². The van der Waals surface area contributed by atoms with E-state index in [9.17, 15) is 0 Å². The molecule has 0 saturated carbocycles. The number of nitrogens with two attached hydrogens (primary N) is 1. The van der Waals surface area contributed by atoms with Crippen LogP contribution in [0.2, 0.25) is 5.15 Å². The van der Waals surface area contributed by atoms with Crippen molar-refractivity contribution in [3.05, 3.63) is 89.6 Å². The van der Waals surface area contributed by atoms with Crippen LogP contribution in [0.5, 0.6) is 0 Å². The highest BCUT2D eigenvalue weighted by Crippen LogP contribution is 2.36. The van der Waals surface area contributed by atoms with E-state index < -0.39 is 0 Å². The number of hydrogen-bond acceptors (Lipinski definition) is 8. The molecule has 0 unspecified atom stereocenters. The van der Waals surface area contributed by atoms with E-state index in [0.29, 0.717) is 34.3 Å². The van der Waals surface area contributed by atoms with E-state index in [1.807, 2.05) is 77.6 Å². The molecule has 0 aliphatic carbocycles. The van der Waals surface area contributed by atoms with E-state index in [-0.39, 0.29) is 0 Å². The summed E-state index contributed by atoms with van der Waals surface area (Å²) >= 11 is 6.30. The number of nitrogens with one attached hydrogen (secondary N) is 1. The molecule has 4 aromatic rings. The predicted octanol–water partition coefficient (Wildman–Crippen LogP) is 4.71. The third kappa shape index (κ3) is 4.55. The first-order valence-electron chi connectivity index (χ1n) is 9.59. The molecule has 2 aromatic heterocycles. The van der Waals surface area contributed by atoms with Gasteiger partial charge in [0.15, 0.2) is 11.6 Å². The normalized spacial score (nSPS) is 10.6. The summed E-state index contributed by atoms with van der Waals surface area (Å²) in [5.74, 6) is 8.46. The predicted molar refractivity (Wildman–Crippen MR) is 124 cm³/mol. The van der Waals surface area contributed by atoms with Gasteiger partial charge >= 0.3 is 0 Å². The number of rotatable bonds is 6. The first-order chi connectivity index (χ1) is 15.0. The van der Waals surface area contributed by atoms with Gasteiger partial charge in [-0.1, -0.05) is 48.0 Å². The maximum atomic E-state index is 6.30. The van der Waals surface area contributed by atoms with Crippen molar-refractivity contribution < 1.29 is 0 Å². The van der Waals surface area contributed by atoms with Crippen LogP contribution in [0.15, 0.2) is 72.8 Å². The van der Waals surface area contributed by atoms with Crippen LogP contribution in [0.25, 0.3) is 0 Å². The van der Waals surface area contributed by atoms with E-state index in [0.717, 1.165) is 11.4 Å². The quantitative estimate of drug-likeness (QED) is 0.257. The summed E-state index contributed by atoms with van der Waals surface area (Å²) in [6.07, 6.45) is 0. The van der Waals surface area contributed by atoms with Crippen LogP contribution >= 0.6 is 11.6 Å². The molecule has 0 amide bonds. The lowest BCUT2D eigenvalue weighted by Gasteiger charge is -2.36. The summed E-state index contributed by atoms with van der Waals surface area (Å²) in [5.41, 5.74) is 4.33. The number of anilines is 5. The van der Waals surface area contributed by atoms with Crippen molar-refractivity contribution in [1.29, 1.82) is 0 Å². The maximum absolute atomic E-state index is 6.30. The molecule has 0 aliphatic rings. The Kier molecular flexibility index (Phi) is 5.92. The average molecular weight is 433 g/mol. The van der Waals surface area contributed by atoms with Crippen molar-refractivity contribution in [3.8, 4) is 0 Å². The first-order valence-corrected chi connectivity index (χ1v) is 9.96. The zero-order valence-corrected chi connectivity index (χ0v) is 17.8. The van der Waals surface area contributed by atoms with Gasteiger partial charge in [0.1, 0.15) is 22.6 Å². The Morgan fingerprint density at radius 3 is 1.68 bits per heavy atom. The SMILES string of the molecule is Cc1nc(Cl)cc(N(c2ccccc2)N(c2ccccc2)c2cc(NN)nc(C)n2)n1. The maximum Gasteiger partial charge on any atom is 0.158 e. The summed E-state index contributed by atoms with van der Waals surface area (Å²) in [6, 6.07) is 23.2. The van der Waals surface area contributed by atoms with Gasteiger partial charge in [0.05, 0.1) is 11.4 Å². The molecular formula is C22H21ClN8.